The largest absolute Gasteiger partial charge is 0.309 e. The zero-order valence-electron chi connectivity index (χ0n) is 9.89. The van der Waals surface area contributed by atoms with Gasteiger partial charge in [0.2, 0.25) is 0 Å². The number of hydrogen-bond donors (Lipinski definition) is 1. The highest BCUT2D eigenvalue weighted by molar-refractivity contribution is 9.10. The highest BCUT2D eigenvalue weighted by Gasteiger charge is 2.04. The molecule has 0 bridgehead atoms. The first-order valence-corrected chi connectivity index (χ1v) is 6.43. The Kier molecular flexibility index (Phi) is 4.61. The number of benzene rings is 2. The second kappa shape index (κ2) is 6.21. The van der Waals surface area contributed by atoms with E-state index in [1.165, 1.54) is 24.3 Å². The van der Waals surface area contributed by atoms with Crippen molar-refractivity contribution in [1.82, 2.24) is 5.32 Å². The van der Waals surface area contributed by atoms with Crippen LogP contribution in [0, 0.1) is 17.5 Å². The predicted molar refractivity (Wildman–Crippen MR) is 71.0 cm³/mol. The van der Waals surface area contributed by atoms with Crippen LogP contribution in [0.4, 0.5) is 13.2 Å². The third kappa shape index (κ3) is 4.08. The minimum absolute atomic E-state index is 0.250. The lowest BCUT2D eigenvalue weighted by molar-refractivity contribution is 0.559. The molecule has 0 aliphatic carbocycles. The van der Waals surface area contributed by atoms with Crippen molar-refractivity contribution in [3.8, 4) is 0 Å². The minimum atomic E-state index is -0.602. The smallest absolute Gasteiger partial charge is 0.130 e. The molecule has 0 aliphatic heterocycles. The van der Waals surface area contributed by atoms with Gasteiger partial charge in [-0.3, -0.25) is 0 Å². The molecule has 2 rings (SSSR count). The van der Waals surface area contributed by atoms with Crippen molar-refractivity contribution in [2.24, 2.45) is 0 Å². The van der Waals surface area contributed by atoms with Crippen molar-refractivity contribution in [3.63, 3.8) is 0 Å². The first-order chi connectivity index (χ1) is 9.04. The number of hydrogen-bond acceptors (Lipinski definition) is 1. The summed E-state index contributed by atoms with van der Waals surface area (Å²) in [6, 6.07) is 7.98. The van der Waals surface area contributed by atoms with E-state index in [9.17, 15) is 13.2 Å². The van der Waals surface area contributed by atoms with E-state index in [0.29, 0.717) is 16.6 Å². The van der Waals surface area contributed by atoms with Crippen molar-refractivity contribution < 1.29 is 13.2 Å². The predicted octanol–water partition coefficient (Wildman–Crippen LogP) is 4.16. The van der Waals surface area contributed by atoms with E-state index in [2.05, 4.69) is 21.2 Å². The minimum Gasteiger partial charge on any atom is -0.309 e. The average Bonchev–Trinajstić information content (AvgIpc) is 2.30. The fourth-order valence-electron chi connectivity index (χ4n) is 1.72. The maximum atomic E-state index is 13.4. The van der Waals surface area contributed by atoms with E-state index in [-0.39, 0.29) is 12.4 Å². The fourth-order valence-corrected chi connectivity index (χ4v) is 2.23. The molecule has 100 valence electrons. The Bertz CT molecular complexity index is 567. The molecule has 1 N–H and O–H groups in total. The molecule has 0 spiro atoms. The van der Waals surface area contributed by atoms with E-state index in [1.54, 1.807) is 6.07 Å². The molecule has 0 aliphatic rings. The van der Waals surface area contributed by atoms with E-state index in [0.717, 1.165) is 11.6 Å². The van der Waals surface area contributed by atoms with Gasteiger partial charge in [0.25, 0.3) is 0 Å². The average molecular weight is 330 g/mol. The highest BCUT2D eigenvalue weighted by Crippen LogP contribution is 2.15. The number of nitrogens with one attached hydrogen (secondary N) is 1. The number of rotatable bonds is 4. The normalized spacial score (nSPS) is 10.7. The quantitative estimate of drug-likeness (QED) is 0.888. The molecule has 1 nitrogen and oxygen atoms in total. The van der Waals surface area contributed by atoms with Crippen LogP contribution in [-0.4, -0.2) is 0 Å². The second-order valence-electron chi connectivity index (χ2n) is 4.12. The van der Waals surface area contributed by atoms with Gasteiger partial charge in [-0.25, -0.2) is 13.2 Å². The molecular weight excluding hydrogens is 319 g/mol. The summed E-state index contributed by atoms with van der Waals surface area (Å²) in [5.74, 6) is -1.53. The van der Waals surface area contributed by atoms with Gasteiger partial charge in [0.05, 0.1) is 0 Å². The van der Waals surface area contributed by atoms with Gasteiger partial charge >= 0.3 is 0 Å². The zero-order valence-corrected chi connectivity index (χ0v) is 11.5. The van der Waals surface area contributed by atoms with Gasteiger partial charge in [0.1, 0.15) is 17.5 Å². The Morgan fingerprint density at radius 1 is 0.895 bits per heavy atom. The molecule has 0 heterocycles. The Morgan fingerprint density at radius 3 is 2.37 bits per heavy atom. The third-order valence-electron chi connectivity index (χ3n) is 2.58. The van der Waals surface area contributed by atoms with E-state index >= 15 is 0 Å². The van der Waals surface area contributed by atoms with Crippen molar-refractivity contribution in [2.45, 2.75) is 13.1 Å². The Labute approximate surface area is 117 Å². The van der Waals surface area contributed by atoms with Crippen LogP contribution in [-0.2, 0) is 13.1 Å². The molecule has 0 saturated carbocycles. The van der Waals surface area contributed by atoms with Gasteiger partial charge in [-0.15, -0.1) is 0 Å². The molecule has 0 atom stereocenters. The Balaban J connectivity index is 1.96. The zero-order chi connectivity index (χ0) is 13.8. The van der Waals surface area contributed by atoms with Crippen molar-refractivity contribution in [2.75, 3.05) is 0 Å². The summed E-state index contributed by atoms with van der Waals surface area (Å²) in [6.07, 6.45) is 0. The monoisotopic (exact) mass is 329 g/mol. The molecule has 0 radical (unpaired) electrons. The Morgan fingerprint density at radius 2 is 1.68 bits per heavy atom. The fraction of sp³-hybridized carbons (Fsp3) is 0.143. The molecular formula is C14H11BrF3N. The van der Waals surface area contributed by atoms with E-state index in [4.69, 9.17) is 0 Å². The third-order valence-corrected chi connectivity index (χ3v) is 3.04. The topological polar surface area (TPSA) is 12.0 Å². The van der Waals surface area contributed by atoms with E-state index in [1.807, 2.05) is 0 Å². The molecule has 0 amide bonds. The molecule has 5 heteroatoms. The van der Waals surface area contributed by atoms with Crippen LogP contribution in [0.1, 0.15) is 11.1 Å². The van der Waals surface area contributed by atoms with Gasteiger partial charge in [0, 0.05) is 29.2 Å². The SMILES string of the molecule is Fc1cc(Br)cc(CNCc2ccc(F)cc2F)c1. The molecule has 0 saturated heterocycles. The molecule has 0 aromatic heterocycles. The first kappa shape index (κ1) is 14.1. The molecule has 2 aromatic carbocycles. The van der Waals surface area contributed by atoms with Crippen LogP contribution in [0.2, 0.25) is 0 Å². The van der Waals surface area contributed by atoms with Gasteiger partial charge < -0.3 is 5.32 Å². The van der Waals surface area contributed by atoms with Crippen LogP contribution in [0.3, 0.4) is 0 Å². The van der Waals surface area contributed by atoms with Crippen LogP contribution >= 0.6 is 15.9 Å². The van der Waals surface area contributed by atoms with Crippen LogP contribution in [0.5, 0.6) is 0 Å². The van der Waals surface area contributed by atoms with Crippen molar-refractivity contribution in [3.05, 3.63) is 69.4 Å². The summed E-state index contributed by atoms with van der Waals surface area (Å²) in [7, 11) is 0. The van der Waals surface area contributed by atoms with Gasteiger partial charge in [-0.1, -0.05) is 22.0 Å². The lowest BCUT2D eigenvalue weighted by Crippen LogP contribution is -2.14. The van der Waals surface area contributed by atoms with Crippen LogP contribution in [0.15, 0.2) is 40.9 Å². The summed E-state index contributed by atoms with van der Waals surface area (Å²) in [4.78, 5) is 0. The second-order valence-corrected chi connectivity index (χ2v) is 5.03. The molecule has 2 aromatic rings. The maximum absolute atomic E-state index is 13.4. The lowest BCUT2D eigenvalue weighted by Gasteiger charge is -2.07. The summed E-state index contributed by atoms with van der Waals surface area (Å²) in [6.45, 7) is 0.646. The molecule has 19 heavy (non-hydrogen) atoms. The van der Waals surface area contributed by atoms with Crippen LogP contribution < -0.4 is 5.32 Å². The standard InChI is InChI=1S/C14H11BrF3N/c15-11-3-9(4-13(17)5-11)7-19-8-10-1-2-12(16)6-14(10)18/h1-6,19H,7-8H2. The summed E-state index contributed by atoms with van der Waals surface area (Å²) >= 11 is 3.20. The van der Waals surface area contributed by atoms with E-state index < -0.39 is 11.6 Å². The van der Waals surface area contributed by atoms with Crippen LogP contribution in [0.25, 0.3) is 0 Å². The lowest BCUT2D eigenvalue weighted by atomic mass is 10.2. The summed E-state index contributed by atoms with van der Waals surface area (Å²) in [5.41, 5.74) is 1.12. The molecule has 0 unspecified atom stereocenters. The van der Waals surface area contributed by atoms with Crippen molar-refractivity contribution >= 4 is 15.9 Å². The first-order valence-electron chi connectivity index (χ1n) is 5.64. The maximum Gasteiger partial charge on any atom is 0.130 e. The van der Waals surface area contributed by atoms with Crippen molar-refractivity contribution in [1.29, 1.82) is 0 Å². The summed E-state index contributed by atoms with van der Waals surface area (Å²) < 4.78 is 39.9. The van der Waals surface area contributed by atoms with Gasteiger partial charge in [-0.05, 0) is 29.8 Å². The van der Waals surface area contributed by atoms with Gasteiger partial charge in [-0.2, -0.15) is 0 Å². The highest BCUT2D eigenvalue weighted by atomic mass is 79.9. The number of halogens is 4. The Hall–Kier alpha value is -1.33. The summed E-state index contributed by atoms with van der Waals surface area (Å²) in [5, 5.41) is 2.98. The van der Waals surface area contributed by atoms with Gasteiger partial charge in [0.15, 0.2) is 0 Å². The molecule has 0 fully saturated rings.